The van der Waals surface area contributed by atoms with E-state index in [1.807, 2.05) is 12.1 Å². The van der Waals surface area contributed by atoms with Gasteiger partial charge in [-0.15, -0.1) is 0 Å². The van der Waals surface area contributed by atoms with Crippen molar-refractivity contribution in [3.8, 4) is 0 Å². The second kappa shape index (κ2) is 4.88. The summed E-state index contributed by atoms with van der Waals surface area (Å²) in [7, 11) is 4.36. The number of benzene rings is 1. The molecule has 2 rings (SSSR count). The molecule has 1 unspecified atom stereocenters. The van der Waals surface area contributed by atoms with Crippen LogP contribution < -0.4 is 5.73 Å². The smallest absolute Gasteiger partial charge is 0.0370 e. The summed E-state index contributed by atoms with van der Waals surface area (Å²) in [6, 6.07) is 8.95. The van der Waals surface area contributed by atoms with Crippen LogP contribution in [0.2, 0.25) is 0 Å². The minimum absolute atomic E-state index is 0.558. The Bertz CT molecular complexity index is 323. The van der Waals surface area contributed by atoms with Crippen molar-refractivity contribution in [2.75, 3.05) is 19.8 Å². The molecule has 16 heavy (non-hydrogen) atoms. The Morgan fingerprint density at radius 1 is 1.12 bits per heavy atom. The van der Waals surface area contributed by atoms with Crippen LogP contribution in [0.25, 0.3) is 0 Å². The minimum Gasteiger partial charge on any atom is -0.399 e. The lowest BCUT2D eigenvalue weighted by Crippen LogP contribution is -2.26. The van der Waals surface area contributed by atoms with Crippen molar-refractivity contribution < 1.29 is 0 Å². The molecular weight excluding hydrogens is 196 g/mol. The third-order valence-corrected chi connectivity index (χ3v) is 3.68. The number of anilines is 1. The molecule has 0 saturated heterocycles. The van der Waals surface area contributed by atoms with E-state index < -0.39 is 0 Å². The van der Waals surface area contributed by atoms with Crippen LogP contribution in [0.1, 0.15) is 37.3 Å². The fourth-order valence-corrected chi connectivity index (χ4v) is 2.96. The maximum Gasteiger partial charge on any atom is 0.0370 e. The van der Waals surface area contributed by atoms with E-state index in [4.69, 9.17) is 5.73 Å². The number of nitrogen functional groups attached to an aromatic ring is 1. The zero-order chi connectivity index (χ0) is 11.5. The highest BCUT2D eigenvalue weighted by molar-refractivity contribution is 5.40. The SMILES string of the molecule is CN(C)C(c1ccc(N)cc1)C1CCCC1. The summed E-state index contributed by atoms with van der Waals surface area (Å²) in [6.07, 6.45) is 5.52. The third kappa shape index (κ3) is 2.38. The first-order valence-electron chi connectivity index (χ1n) is 6.20. The predicted molar refractivity (Wildman–Crippen MR) is 69.2 cm³/mol. The van der Waals surface area contributed by atoms with Gasteiger partial charge in [0.25, 0.3) is 0 Å². The molecule has 1 fully saturated rings. The number of nitrogens with two attached hydrogens (primary N) is 1. The monoisotopic (exact) mass is 218 g/mol. The maximum atomic E-state index is 5.74. The normalized spacial score (nSPS) is 19.2. The van der Waals surface area contributed by atoms with Crippen LogP contribution in [0.3, 0.4) is 0 Å². The second-order valence-corrected chi connectivity index (χ2v) is 5.12. The van der Waals surface area contributed by atoms with Gasteiger partial charge in [0.05, 0.1) is 0 Å². The molecule has 2 nitrogen and oxygen atoms in total. The topological polar surface area (TPSA) is 29.3 Å². The first-order chi connectivity index (χ1) is 7.68. The van der Waals surface area contributed by atoms with Crippen molar-refractivity contribution >= 4 is 5.69 Å². The Morgan fingerprint density at radius 2 is 1.69 bits per heavy atom. The van der Waals surface area contributed by atoms with E-state index in [9.17, 15) is 0 Å². The second-order valence-electron chi connectivity index (χ2n) is 5.12. The highest BCUT2D eigenvalue weighted by Gasteiger charge is 2.27. The summed E-state index contributed by atoms with van der Waals surface area (Å²) < 4.78 is 0. The maximum absolute atomic E-state index is 5.74. The Kier molecular flexibility index (Phi) is 3.49. The van der Waals surface area contributed by atoms with E-state index in [0.29, 0.717) is 6.04 Å². The van der Waals surface area contributed by atoms with E-state index >= 15 is 0 Å². The van der Waals surface area contributed by atoms with Crippen LogP contribution >= 0.6 is 0 Å². The minimum atomic E-state index is 0.558. The molecule has 2 N–H and O–H groups in total. The van der Waals surface area contributed by atoms with Crippen molar-refractivity contribution in [3.05, 3.63) is 29.8 Å². The molecule has 0 radical (unpaired) electrons. The molecule has 0 amide bonds. The summed E-state index contributed by atoms with van der Waals surface area (Å²) >= 11 is 0. The summed E-state index contributed by atoms with van der Waals surface area (Å²) in [6.45, 7) is 0. The Labute approximate surface area is 98.4 Å². The van der Waals surface area contributed by atoms with Crippen LogP contribution in [0.15, 0.2) is 24.3 Å². The average molecular weight is 218 g/mol. The Hall–Kier alpha value is -1.02. The molecule has 0 spiro atoms. The quantitative estimate of drug-likeness (QED) is 0.790. The zero-order valence-corrected chi connectivity index (χ0v) is 10.3. The molecule has 0 heterocycles. The van der Waals surface area contributed by atoms with E-state index in [0.717, 1.165) is 11.6 Å². The van der Waals surface area contributed by atoms with Gasteiger partial charge in [0.2, 0.25) is 0 Å². The first kappa shape index (κ1) is 11.5. The van der Waals surface area contributed by atoms with Crippen molar-refractivity contribution in [1.82, 2.24) is 4.90 Å². The van der Waals surface area contributed by atoms with Crippen LogP contribution in [-0.4, -0.2) is 19.0 Å². The van der Waals surface area contributed by atoms with Gasteiger partial charge in [-0.25, -0.2) is 0 Å². The zero-order valence-electron chi connectivity index (χ0n) is 10.3. The number of hydrogen-bond acceptors (Lipinski definition) is 2. The first-order valence-corrected chi connectivity index (χ1v) is 6.20. The molecule has 0 bridgehead atoms. The summed E-state index contributed by atoms with van der Waals surface area (Å²) in [5.41, 5.74) is 8.01. The van der Waals surface area contributed by atoms with Crippen LogP contribution in [-0.2, 0) is 0 Å². The average Bonchev–Trinajstić information content (AvgIpc) is 2.74. The van der Waals surface area contributed by atoms with Crippen LogP contribution in [0.4, 0.5) is 5.69 Å². The van der Waals surface area contributed by atoms with Crippen molar-refractivity contribution in [1.29, 1.82) is 0 Å². The van der Waals surface area contributed by atoms with Gasteiger partial charge in [0, 0.05) is 11.7 Å². The molecular formula is C14H22N2. The number of hydrogen-bond donors (Lipinski definition) is 1. The lowest BCUT2D eigenvalue weighted by Gasteiger charge is -2.30. The van der Waals surface area contributed by atoms with Gasteiger partial charge in [0.15, 0.2) is 0 Å². The predicted octanol–water partition coefficient (Wildman–Crippen LogP) is 3.06. The van der Waals surface area contributed by atoms with Crippen molar-refractivity contribution in [2.24, 2.45) is 5.92 Å². The molecule has 0 aliphatic heterocycles. The molecule has 1 aliphatic rings. The molecule has 1 aromatic carbocycles. The molecule has 1 aliphatic carbocycles. The molecule has 0 aromatic heterocycles. The summed E-state index contributed by atoms with van der Waals surface area (Å²) in [5.74, 6) is 0.818. The van der Waals surface area contributed by atoms with Crippen molar-refractivity contribution in [3.63, 3.8) is 0 Å². The van der Waals surface area contributed by atoms with Gasteiger partial charge >= 0.3 is 0 Å². The molecule has 88 valence electrons. The molecule has 1 aromatic rings. The molecule has 2 heteroatoms. The van der Waals surface area contributed by atoms with Gasteiger partial charge in [-0.05, 0) is 50.6 Å². The summed E-state index contributed by atoms with van der Waals surface area (Å²) in [5, 5.41) is 0. The van der Waals surface area contributed by atoms with E-state index in [1.54, 1.807) is 0 Å². The third-order valence-electron chi connectivity index (χ3n) is 3.68. The van der Waals surface area contributed by atoms with Gasteiger partial charge in [-0.1, -0.05) is 25.0 Å². The van der Waals surface area contributed by atoms with Gasteiger partial charge in [-0.2, -0.15) is 0 Å². The lowest BCUT2D eigenvalue weighted by atomic mass is 9.91. The van der Waals surface area contributed by atoms with Crippen LogP contribution in [0, 0.1) is 5.92 Å². The highest BCUT2D eigenvalue weighted by atomic mass is 15.1. The largest absolute Gasteiger partial charge is 0.399 e. The molecule has 1 atom stereocenters. The van der Waals surface area contributed by atoms with Crippen molar-refractivity contribution in [2.45, 2.75) is 31.7 Å². The Balaban J connectivity index is 2.21. The van der Waals surface area contributed by atoms with Gasteiger partial charge in [-0.3, -0.25) is 0 Å². The number of nitrogens with zero attached hydrogens (tertiary/aromatic N) is 1. The highest BCUT2D eigenvalue weighted by Crippen LogP contribution is 2.38. The van der Waals surface area contributed by atoms with E-state index in [1.165, 1.54) is 31.2 Å². The Morgan fingerprint density at radius 3 is 2.19 bits per heavy atom. The van der Waals surface area contributed by atoms with Crippen LogP contribution in [0.5, 0.6) is 0 Å². The molecule has 1 saturated carbocycles. The fraction of sp³-hybridized carbons (Fsp3) is 0.571. The van der Waals surface area contributed by atoms with E-state index in [2.05, 4.69) is 31.1 Å². The standard InChI is InChI=1S/C14H22N2/c1-16(2)14(11-5-3-4-6-11)12-7-9-13(15)10-8-12/h7-11,14H,3-6,15H2,1-2H3. The fourth-order valence-electron chi connectivity index (χ4n) is 2.96. The summed E-state index contributed by atoms with van der Waals surface area (Å²) in [4.78, 5) is 2.35. The number of rotatable bonds is 3. The van der Waals surface area contributed by atoms with Gasteiger partial charge in [0.1, 0.15) is 0 Å². The van der Waals surface area contributed by atoms with E-state index in [-0.39, 0.29) is 0 Å². The lowest BCUT2D eigenvalue weighted by molar-refractivity contribution is 0.214. The van der Waals surface area contributed by atoms with Gasteiger partial charge < -0.3 is 10.6 Å².